The molecule has 0 aliphatic rings. The summed E-state index contributed by atoms with van der Waals surface area (Å²) < 4.78 is 6.09. The first-order valence-electron chi connectivity index (χ1n) is 6.33. The highest BCUT2D eigenvalue weighted by atomic mass is 79.9. The lowest BCUT2D eigenvalue weighted by Gasteiger charge is -2.20. The van der Waals surface area contributed by atoms with Crippen LogP contribution in [0, 0.1) is 0 Å². The Morgan fingerprint density at radius 3 is 2.45 bits per heavy atom. The first-order chi connectivity index (χ1) is 9.43. The molecule has 110 valence electrons. The normalized spacial score (nSPS) is 13.6. The van der Waals surface area contributed by atoms with Gasteiger partial charge in [-0.25, -0.2) is 0 Å². The summed E-state index contributed by atoms with van der Waals surface area (Å²) in [7, 11) is 0. The summed E-state index contributed by atoms with van der Waals surface area (Å²) in [6, 6.07) is 6.60. The summed E-state index contributed by atoms with van der Waals surface area (Å²) >= 11 is 3.32. The highest BCUT2D eigenvalue weighted by molar-refractivity contribution is 9.10. The molecule has 0 unspecified atom stereocenters. The van der Waals surface area contributed by atoms with E-state index in [4.69, 9.17) is 9.84 Å². The van der Waals surface area contributed by atoms with Crippen molar-refractivity contribution in [1.82, 2.24) is 5.32 Å². The Hall–Kier alpha value is -1.40. The van der Waals surface area contributed by atoms with Gasteiger partial charge in [-0.15, -0.1) is 0 Å². The molecule has 0 aliphatic carbocycles. The maximum absolute atomic E-state index is 11.9. The lowest BCUT2D eigenvalue weighted by Crippen LogP contribution is -2.38. The van der Waals surface area contributed by atoms with E-state index in [0.29, 0.717) is 6.61 Å². The van der Waals surface area contributed by atoms with E-state index in [9.17, 15) is 9.59 Å². The third-order valence-corrected chi connectivity index (χ3v) is 3.28. The lowest BCUT2D eigenvalue weighted by molar-refractivity contribution is -0.138. The number of hydrogen-bond donors (Lipinski definition) is 2. The molecule has 6 heteroatoms. The third-order valence-electron chi connectivity index (χ3n) is 2.75. The van der Waals surface area contributed by atoms with E-state index in [1.54, 1.807) is 26.0 Å². The molecule has 2 atom stereocenters. The fourth-order valence-corrected chi connectivity index (χ4v) is 2.00. The highest BCUT2D eigenvalue weighted by Crippen LogP contribution is 2.20. The highest BCUT2D eigenvalue weighted by Gasteiger charge is 2.21. The minimum absolute atomic E-state index is 0.174. The summed E-state index contributed by atoms with van der Waals surface area (Å²) in [6.07, 6.45) is -0.779. The number of carboxylic acid groups (broad SMARTS) is 1. The predicted molar refractivity (Wildman–Crippen MR) is 78.4 cm³/mol. The van der Waals surface area contributed by atoms with Gasteiger partial charge in [0.1, 0.15) is 6.10 Å². The van der Waals surface area contributed by atoms with E-state index < -0.39 is 18.1 Å². The van der Waals surface area contributed by atoms with Gasteiger partial charge in [-0.3, -0.25) is 9.59 Å². The number of carboxylic acids is 1. The van der Waals surface area contributed by atoms with Crippen molar-refractivity contribution in [3.05, 3.63) is 34.3 Å². The standard InChI is InChI=1S/C14H18BrNO4/c1-3-20-9(2)14(19)16-12(8-13(17)18)10-4-6-11(15)7-5-10/h4-7,9,12H,3,8H2,1-2H3,(H,16,19)(H,17,18)/t9-,12-/m0/s1. The SMILES string of the molecule is CCO[C@@H](C)C(=O)N[C@@H](CC(=O)O)c1ccc(Br)cc1. The Morgan fingerprint density at radius 2 is 1.95 bits per heavy atom. The fraction of sp³-hybridized carbons (Fsp3) is 0.429. The van der Waals surface area contributed by atoms with Crippen LogP contribution in [-0.4, -0.2) is 29.7 Å². The van der Waals surface area contributed by atoms with E-state index in [0.717, 1.165) is 10.0 Å². The monoisotopic (exact) mass is 343 g/mol. The molecular weight excluding hydrogens is 326 g/mol. The van der Waals surface area contributed by atoms with Crippen LogP contribution in [0.4, 0.5) is 0 Å². The van der Waals surface area contributed by atoms with Crippen molar-refractivity contribution >= 4 is 27.8 Å². The number of halogens is 1. The Balaban J connectivity index is 2.81. The Bertz CT molecular complexity index is 461. The fourth-order valence-electron chi connectivity index (χ4n) is 1.74. The molecule has 0 heterocycles. The van der Waals surface area contributed by atoms with E-state index in [2.05, 4.69) is 21.2 Å². The van der Waals surface area contributed by atoms with Crippen LogP contribution in [0.25, 0.3) is 0 Å². The van der Waals surface area contributed by atoms with Crippen molar-refractivity contribution in [2.75, 3.05) is 6.61 Å². The smallest absolute Gasteiger partial charge is 0.305 e. The van der Waals surface area contributed by atoms with Crippen LogP contribution in [-0.2, 0) is 14.3 Å². The summed E-state index contributed by atoms with van der Waals surface area (Å²) in [5.41, 5.74) is 0.743. The van der Waals surface area contributed by atoms with Crippen molar-refractivity contribution in [3.63, 3.8) is 0 Å². The number of carbonyl (C=O) groups excluding carboxylic acids is 1. The van der Waals surface area contributed by atoms with E-state index >= 15 is 0 Å². The van der Waals surface area contributed by atoms with Crippen molar-refractivity contribution in [2.24, 2.45) is 0 Å². The van der Waals surface area contributed by atoms with Crippen LogP contribution in [0.2, 0.25) is 0 Å². The summed E-state index contributed by atoms with van der Waals surface area (Å²) in [5, 5.41) is 11.7. The number of hydrogen-bond acceptors (Lipinski definition) is 3. The number of benzene rings is 1. The predicted octanol–water partition coefficient (Wildman–Crippen LogP) is 2.51. The molecule has 20 heavy (non-hydrogen) atoms. The Kier molecular flexibility index (Phi) is 6.67. The van der Waals surface area contributed by atoms with Crippen molar-refractivity contribution in [1.29, 1.82) is 0 Å². The van der Waals surface area contributed by atoms with Gasteiger partial charge in [0.2, 0.25) is 5.91 Å². The molecule has 0 spiro atoms. The first-order valence-corrected chi connectivity index (χ1v) is 7.12. The van der Waals surface area contributed by atoms with Crippen molar-refractivity contribution in [2.45, 2.75) is 32.4 Å². The zero-order valence-electron chi connectivity index (χ0n) is 11.4. The van der Waals surface area contributed by atoms with Gasteiger partial charge >= 0.3 is 5.97 Å². The molecule has 0 bridgehead atoms. The van der Waals surface area contributed by atoms with Gasteiger partial charge in [0.15, 0.2) is 0 Å². The van der Waals surface area contributed by atoms with Crippen LogP contribution >= 0.6 is 15.9 Å². The van der Waals surface area contributed by atoms with Gasteiger partial charge in [-0.05, 0) is 31.5 Å². The molecule has 0 saturated carbocycles. The summed E-state index contributed by atoms with van der Waals surface area (Å²) in [6.45, 7) is 3.86. The van der Waals surface area contributed by atoms with E-state index in [-0.39, 0.29) is 12.3 Å². The lowest BCUT2D eigenvalue weighted by atomic mass is 10.0. The number of aliphatic carboxylic acids is 1. The minimum atomic E-state index is -0.970. The maximum atomic E-state index is 11.9. The molecule has 0 aromatic heterocycles. The molecule has 5 nitrogen and oxygen atoms in total. The van der Waals surface area contributed by atoms with Gasteiger partial charge in [0, 0.05) is 11.1 Å². The minimum Gasteiger partial charge on any atom is -0.481 e. The molecular formula is C14H18BrNO4. The molecule has 2 N–H and O–H groups in total. The van der Waals surface area contributed by atoms with E-state index in [1.165, 1.54) is 0 Å². The van der Waals surface area contributed by atoms with E-state index in [1.807, 2.05) is 12.1 Å². The van der Waals surface area contributed by atoms with Gasteiger partial charge in [-0.2, -0.15) is 0 Å². The van der Waals surface area contributed by atoms with Crippen LogP contribution in [0.1, 0.15) is 31.9 Å². The van der Waals surface area contributed by atoms with Gasteiger partial charge in [0.25, 0.3) is 0 Å². The second-order valence-corrected chi connectivity index (χ2v) is 5.22. The van der Waals surface area contributed by atoms with Crippen LogP contribution in [0.5, 0.6) is 0 Å². The van der Waals surface area contributed by atoms with Crippen LogP contribution in [0.3, 0.4) is 0 Å². The number of ether oxygens (including phenoxy) is 1. The van der Waals surface area contributed by atoms with Crippen LogP contribution in [0.15, 0.2) is 28.7 Å². The maximum Gasteiger partial charge on any atom is 0.305 e. The second kappa shape index (κ2) is 8.01. The third kappa shape index (κ3) is 5.30. The Morgan fingerprint density at radius 1 is 1.35 bits per heavy atom. The largest absolute Gasteiger partial charge is 0.481 e. The molecule has 0 radical (unpaired) electrons. The number of nitrogens with one attached hydrogen (secondary N) is 1. The quantitative estimate of drug-likeness (QED) is 0.797. The zero-order valence-corrected chi connectivity index (χ0v) is 13.0. The Labute approximate surface area is 126 Å². The molecule has 0 fully saturated rings. The van der Waals surface area contributed by atoms with Crippen molar-refractivity contribution < 1.29 is 19.4 Å². The first kappa shape index (κ1) is 16.7. The van der Waals surface area contributed by atoms with Gasteiger partial charge in [0.05, 0.1) is 12.5 Å². The van der Waals surface area contributed by atoms with Crippen molar-refractivity contribution in [3.8, 4) is 0 Å². The summed E-state index contributed by atoms with van der Waals surface area (Å²) in [4.78, 5) is 22.9. The molecule has 1 amide bonds. The molecule has 1 aromatic rings. The topological polar surface area (TPSA) is 75.6 Å². The summed E-state index contributed by atoms with van der Waals surface area (Å²) in [5.74, 6) is -1.29. The second-order valence-electron chi connectivity index (χ2n) is 4.31. The number of amides is 1. The van der Waals surface area contributed by atoms with Crippen LogP contribution < -0.4 is 5.32 Å². The molecule has 0 saturated heterocycles. The zero-order chi connectivity index (χ0) is 15.1. The molecule has 0 aliphatic heterocycles. The number of rotatable bonds is 7. The van der Waals surface area contributed by atoms with Gasteiger partial charge < -0.3 is 15.2 Å². The number of carbonyl (C=O) groups is 2. The van der Waals surface area contributed by atoms with Gasteiger partial charge in [-0.1, -0.05) is 28.1 Å². The average Bonchev–Trinajstić information content (AvgIpc) is 2.38. The molecule has 1 aromatic carbocycles. The average molecular weight is 344 g/mol. The molecule has 1 rings (SSSR count).